The van der Waals surface area contributed by atoms with Crippen LogP contribution in [-0.2, 0) is 9.59 Å². The number of amides is 1. The van der Waals surface area contributed by atoms with Gasteiger partial charge in [0.15, 0.2) is 6.29 Å². The number of aldehydes is 1. The van der Waals surface area contributed by atoms with E-state index in [0.717, 1.165) is 17.3 Å². The molecule has 28 heavy (non-hydrogen) atoms. The van der Waals surface area contributed by atoms with E-state index in [1.54, 1.807) is 37.5 Å². The number of nitrogens with zero attached hydrogens (tertiary/aromatic N) is 1. The van der Waals surface area contributed by atoms with Crippen LogP contribution in [0, 0.1) is 0 Å². The van der Waals surface area contributed by atoms with Gasteiger partial charge in [-0.1, -0.05) is 48.2 Å². The quantitative estimate of drug-likeness (QED) is 0.236. The van der Waals surface area contributed by atoms with E-state index < -0.39 is 5.97 Å². The van der Waals surface area contributed by atoms with E-state index in [1.807, 2.05) is 12.1 Å². The molecule has 1 saturated heterocycles. The molecule has 3 rings (SSSR count). The number of hydrogen-bond donors (Lipinski definition) is 0. The third-order valence-electron chi connectivity index (χ3n) is 3.84. The maximum Gasteiger partial charge on any atom is 0.331 e. The summed E-state index contributed by atoms with van der Waals surface area (Å²) in [5, 5.41) is 0. The Kier molecular flexibility index (Phi) is 6.23. The first-order valence-corrected chi connectivity index (χ1v) is 9.38. The molecule has 0 N–H and O–H groups in total. The average molecular weight is 413 g/mol. The van der Waals surface area contributed by atoms with E-state index in [4.69, 9.17) is 21.7 Å². The molecule has 8 heteroatoms. The van der Waals surface area contributed by atoms with Gasteiger partial charge in [0.2, 0.25) is 0 Å². The highest BCUT2D eigenvalue weighted by Crippen LogP contribution is 2.32. The first-order valence-electron chi connectivity index (χ1n) is 8.16. The fourth-order valence-corrected chi connectivity index (χ4v) is 3.70. The molecule has 2 aromatic rings. The minimum absolute atomic E-state index is 0.140. The van der Waals surface area contributed by atoms with E-state index in [0.29, 0.717) is 16.9 Å². The number of ether oxygens (including phenoxy) is 2. The van der Waals surface area contributed by atoms with Crippen molar-refractivity contribution < 1.29 is 23.9 Å². The second kappa shape index (κ2) is 8.81. The number of carbonyl (C=O) groups is 3. The first kappa shape index (κ1) is 19.8. The Labute approximate surface area is 171 Å². The Balaban J connectivity index is 1.70. The van der Waals surface area contributed by atoms with Crippen LogP contribution in [0.15, 0.2) is 53.4 Å². The molecular weight excluding hydrogens is 398 g/mol. The fraction of sp³-hybridized carbons (Fsp3) is 0.100. The van der Waals surface area contributed by atoms with E-state index in [1.165, 1.54) is 17.0 Å². The maximum absolute atomic E-state index is 12.6. The highest BCUT2D eigenvalue weighted by molar-refractivity contribution is 8.26. The van der Waals surface area contributed by atoms with Crippen molar-refractivity contribution in [2.75, 3.05) is 13.7 Å². The van der Waals surface area contributed by atoms with Crippen LogP contribution in [0.25, 0.3) is 6.08 Å². The van der Waals surface area contributed by atoms with Crippen molar-refractivity contribution in [3.8, 4) is 11.5 Å². The first-order chi connectivity index (χ1) is 13.5. The molecule has 0 aromatic heterocycles. The van der Waals surface area contributed by atoms with Gasteiger partial charge in [-0.25, -0.2) is 4.79 Å². The summed E-state index contributed by atoms with van der Waals surface area (Å²) in [5.74, 6) is -0.201. The molecule has 1 amide bonds. The van der Waals surface area contributed by atoms with E-state index >= 15 is 0 Å². The Hall–Kier alpha value is -2.97. The van der Waals surface area contributed by atoms with Crippen LogP contribution in [0.5, 0.6) is 11.5 Å². The molecule has 1 fully saturated rings. The fourth-order valence-electron chi connectivity index (χ4n) is 2.44. The number of rotatable bonds is 6. The van der Waals surface area contributed by atoms with Crippen molar-refractivity contribution in [2.45, 2.75) is 0 Å². The van der Waals surface area contributed by atoms with Crippen LogP contribution in [0.2, 0.25) is 0 Å². The van der Waals surface area contributed by atoms with E-state index in [-0.39, 0.29) is 28.1 Å². The molecule has 0 aliphatic carbocycles. The van der Waals surface area contributed by atoms with Crippen LogP contribution in [0.3, 0.4) is 0 Å². The molecule has 1 aliphatic heterocycles. The van der Waals surface area contributed by atoms with Crippen LogP contribution in [0.1, 0.15) is 15.9 Å². The molecule has 0 radical (unpaired) electrons. The zero-order valence-electron chi connectivity index (χ0n) is 14.8. The number of esters is 1. The predicted molar refractivity (Wildman–Crippen MR) is 110 cm³/mol. The summed E-state index contributed by atoms with van der Waals surface area (Å²) in [4.78, 5) is 37.5. The minimum atomic E-state index is -0.684. The number of thioether (sulfide) groups is 1. The molecule has 0 bridgehead atoms. The lowest BCUT2D eigenvalue weighted by atomic mass is 10.2. The molecule has 0 unspecified atom stereocenters. The van der Waals surface area contributed by atoms with Gasteiger partial charge in [-0.15, -0.1) is 0 Å². The Morgan fingerprint density at radius 3 is 2.57 bits per heavy atom. The Bertz CT molecular complexity index is 969. The number of carbonyl (C=O) groups excluding carboxylic acids is 3. The summed E-state index contributed by atoms with van der Waals surface area (Å²) in [6.45, 7) is -0.336. The second-order valence-corrected chi connectivity index (χ2v) is 7.35. The van der Waals surface area contributed by atoms with Crippen molar-refractivity contribution >= 4 is 52.5 Å². The molecule has 1 heterocycles. The van der Waals surface area contributed by atoms with Gasteiger partial charge in [-0.3, -0.25) is 14.5 Å². The molecule has 6 nitrogen and oxygen atoms in total. The van der Waals surface area contributed by atoms with Crippen molar-refractivity contribution in [1.29, 1.82) is 0 Å². The molecule has 0 spiro atoms. The standard InChI is InChI=1S/C20H15NO5S2/c1-25-15-8-6-13(7-9-15)10-17-19(24)21(20(27)28-17)11-18(23)26-16-5-3-2-4-14(16)12-22/h2-10,12H,11H2,1H3. The Morgan fingerprint density at radius 1 is 1.18 bits per heavy atom. The maximum atomic E-state index is 12.6. The van der Waals surface area contributed by atoms with Crippen molar-refractivity contribution in [2.24, 2.45) is 0 Å². The van der Waals surface area contributed by atoms with Gasteiger partial charge in [-0.05, 0) is 35.9 Å². The lowest BCUT2D eigenvalue weighted by Gasteiger charge is -2.14. The summed E-state index contributed by atoms with van der Waals surface area (Å²) in [6, 6.07) is 13.6. The van der Waals surface area contributed by atoms with Crippen LogP contribution >= 0.6 is 24.0 Å². The summed E-state index contributed by atoms with van der Waals surface area (Å²) in [6.07, 6.45) is 2.30. The predicted octanol–water partition coefficient (Wildman–Crippen LogP) is 3.31. The number of hydrogen-bond acceptors (Lipinski definition) is 7. The zero-order valence-corrected chi connectivity index (χ0v) is 16.4. The molecule has 0 atom stereocenters. The van der Waals surface area contributed by atoms with Gasteiger partial charge in [0.25, 0.3) is 5.91 Å². The molecular formula is C20H15NO5S2. The summed E-state index contributed by atoms with van der Waals surface area (Å²) >= 11 is 6.34. The zero-order chi connectivity index (χ0) is 20.1. The third kappa shape index (κ3) is 4.47. The van der Waals surface area contributed by atoms with Gasteiger partial charge in [0.1, 0.15) is 22.4 Å². The number of thiocarbonyl (C=S) groups is 1. The largest absolute Gasteiger partial charge is 0.497 e. The average Bonchev–Trinajstić information content (AvgIpc) is 2.96. The van der Waals surface area contributed by atoms with Crippen molar-refractivity contribution in [1.82, 2.24) is 4.90 Å². The van der Waals surface area contributed by atoms with Crippen LogP contribution in [-0.4, -0.2) is 41.0 Å². The van der Waals surface area contributed by atoms with Crippen LogP contribution < -0.4 is 9.47 Å². The number of para-hydroxylation sites is 1. The monoisotopic (exact) mass is 413 g/mol. The molecule has 1 aliphatic rings. The third-order valence-corrected chi connectivity index (χ3v) is 5.22. The van der Waals surface area contributed by atoms with E-state index in [2.05, 4.69) is 0 Å². The minimum Gasteiger partial charge on any atom is -0.497 e. The molecule has 0 saturated carbocycles. The highest BCUT2D eigenvalue weighted by Gasteiger charge is 2.34. The number of benzene rings is 2. The van der Waals surface area contributed by atoms with Crippen molar-refractivity contribution in [3.63, 3.8) is 0 Å². The van der Waals surface area contributed by atoms with Gasteiger partial charge in [0, 0.05) is 0 Å². The van der Waals surface area contributed by atoms with Gasteiger partial charge >= 0.3 is 5.97 Å². The normalized spacial score (nSPS) is 15.0. The summed E-state index contributed by atoms with van der Waals surface area (Å²) in [7, 11) is 1.58. The number of methoxy groups -OCH3 is 1. The van der Waals surface area contributed by atoms with Crippen LogP contribution in [0.4, 0.5) is 0 Å². The van der Waals surface area contributed by atoms with Gasteiger partial charge in [0.05, 0.1) is 17.6 Å². The van der Waals surface area contributed by atoms with E-state index in [9.17, 15) is 14.4 Å². The van der Waals surface area contributed by atoms with Gasteiger partial charge in [-0.2, -0.15) is 0 Å². The molecule has 2 aromatic carbocycles. The van der Waals surface area contributed by atoms with Gasteiger partial charge < -0.3 is 9.47 Å². The van der Waals surface area contributed by atoms with Crippen molar-refractivity contribution in [3.05, 3.63) is 64.6 Å². The Morgan fingerprint density at radius 2 is 1.89 bits per heavy atom. The molecule has 142 valence electrons. The smallest absolute Gasteiger partial charge is 0.331 e. The lowest BCUT2D eigenvalue weighted by Crippen LogP contribution is -2.35. The highest BCUT2D eigenvalue weighted by atomic mass is 32.2. The SMILES string of the molecule is COc1ccc(C=C2SC(=S)N(CC(=O)Oc3ccccc3C=O)C2=O)cc1. The topological polar surface area (TPSA) is 72.9 Å². The summed E-state index contributed by atoms with van der Waals surface area (Å²) in [5.41, 5.74) is 1.06. The lowest BCUT2D eigenvalue weighted by molar-refractivity contribution is -0.138. The summed E-state index contributed by atoms with van der Waals surface area (Å²) < 4.78 is 10.6. The second-order valence-electron chi connectivity index (χ2n) is 5.67.